The highest BCUT2D eigenvalue weighted by Gasteiger charge is 2.34. The number of nitrogens with zero attached hydrogens (tertiary/aromatic N) is 1. The number of nitrogens with one attached hydrogen (secondary N) is 1. The molecule has 2 heterocycles. The minimum Gasteiger partial charge on any atom is -0.490 e. The summed E-state index contributed by atoms with van der Waals surface area (Å²) < 4.78 is 5.98. The number of piperidine rings is 1. The average molecular weight is 263 g/mol. The lowest BCUT2D eigenvalue weighted by Crippen LogP contribution is -2.42. The largest absolute Gasteiger partial charge is 0.490 e. The molecule has 2 aliphatic heterocycles. The molecule has 94 valence electrons. The molecule has 1 aromatic carbocycles. The maximum atomic E-state index is 8.82. The molecule has 2 bridgehead atoms. The Bertz CT molecular complexity index is 485. The molecule has 4 heteroatoms. The zero-order chi connectivity index (χ0) is 12.5. The van der Waals surface area contributed by atoms with Crippen LogP contribution in [-0.4, -0.2) is 18.2 Å². The Morgan fingerprint density at radius 1 is 1.28 bits per heavy atom. The second-order valence-corrected chi connectivity index (χ2v) is 5.51. The number of benzene rings is 1. The molecular formula is C14H15ClN2O. The van der Waals surface area contributed by atoms with Gasteiger partial charge in [0.2, 0.25) is 0 Å². The van der Waals surface area contributed by atoms with E-state index in [1.165, 1.54) is 12.8 Å². The summed E-state index contributed by atoms with van der Waals surface area (Å²) in [4.78, 5) is 0. The number of hydrogen-bond acceptors (Lipinski definition) is 3. The highest BCUT2D eigenvalue weighted by atomic mass is 35.5. The molecule has 0 spiro atoms. The van der Waals surface area contributed by atoms with Gasteiger partial charge in [-0.05, 0) is 37.8 Å². The Labute approximate surface area is 112 Å². The lowest BCUT2D eigenvalue weighted by molar-refractivity contribution is 0.137. The van der Waals surface area contributed by atoms with Crippen molar-refractivity contribution < 1.29 is 4.74 Å². The third kappa shape index (κ3) is 2.31. The van der Waals surface area contributed by atoms with E-state index in [1.807, 2.05) is 6.07 Å². The van der Waals surface area contributed by atoms with Crippen molar-refractivity contribution in [3.63, 3.8) is 0 Å². The third-order valence-corrected chi connectivity index (χ3v) is 4.11. The summed E-state index contributed by atoms with van der Waals surface area (Å²) in [5.74, 6) is 0.769. The summed E-state index contributed by atoms with van der Waals surface area (Å²) in [6.45, 7) is 0. The van der Waals surface area contributed by atoms with E-state index in [1.54, 1.807) is 12.1 Å². The fourth-order valence-corrected chi connectivity index (χ4v) is 3.17. The lowest BCUT2D eigenvalue weighted by atomic mass is 10.0. The molecule has 3 nitrogen and oxygen atoms in total. The maximum Gasteiger partial charge on any atom is 0.121 e. The molecule has 1 unspecified atom stereocenters. The first-order chi connectivity index (χ1) is 8.74. The zero-order valence-electron chi connectivity index (χ0n) is 10.0. The summed E-state index contributed by atoms with van der Waals surface area (Å²) in [5.41, 5.74) is 0.495. The van der Waals surface area contributed by atoms with Crippen molar-refractivity contribution in [3.05, 3.63) is 28.8 Å². The van der Waals surface area contributed by atoms with Crippen LogP contribution in [0.4, 0.5) is 0 Å². The summed E-state index contributed by atoms with van der Waals surface area (Å²) >= 11 is 6.00. The van der Waals surface area contributed by atoms with Crippen LogP contribution in [0.5, 0.6) is 5.75 Å². The van der Waals surface area contributed by atoms with Gasteiger partial charge in [-0.2, -0.15) is 5.26 Å². The van der Waals surface area contributed by atoms with Crippen molar-refractivity contribution >= 4 is 11.6 Å². The van der Waals surface area contributed by atoms with Crippen molar-refractivity contribution in [2.75, 3.05) is 0 Å². The van der Waals surface area contributed by atoms with Crippen molar-refractivity contribution in [1.82, 2.24) is 5.32 Å². The summed E-state index contributed by atoms with van der Waals surface area (Å²) in [7, 11) is 0. The first-order valence-electron chi connectivity index (χ1n) is 6.37. The van der Waals surface area contributed by atoms with Crippen LogP contribution in [-0.2, 0) is 0 Å². The Kier molecular flexibility index (Phi) is 3.15. The van der Waals surface area contributed by atoms with Gasteiger partial charge in [-0.1, -0.05) is 11.6 Å². The predicted molar refractivity (Wildman–Crippen MR) is 69.8 cm³/mol. The van der Waals surface area contributed by atoms with E-state index in [0.29, 0.717) is 22.7 Å². The molecule has 1 N–H and O–H groups in total. The minimum atomic E-state index is 0.271. The van der Waals surface area contributed by atoms with Crippen molar-refractivity contribution in [3.8, 4) is 11.8 Å². The van der Waals surface area contributed by atoms with Gasteiger partial charge >= 0.3 is 0 Å². The smallest absolute Gasteiger partial charge is 0.121 e. The topological polar surface area (TPSA) is 45.0 Å². The fraction of sp³-hybridized carbons (Fsp3) is 0.500. The molecule has 3 rings (SSSR count). The van der Waals surface area contributed by atoms with Crippen LogP contribution in [0.25, 0.3) is 0 Å². The van der Waals surface area contributed by atoms with Gasteiger partial charge in [-0.25, -0.2) is 0 Å². The van der Waals surface area contributed by atoms with E-state index >= 15 is 0 Å². The number of hydrogen-bond donors (Lipinski definition) is 1. The van der Waals surface area contributed by atoms with Crippen molar-refractivity contribution in [2.45, 2.75) is 43.9 Å². The molecular weight excluding hydrogens is 248 g/mol. The Morgan fingerprint density at radius 3 is 2.61 bits per heavy atom. The highest BCUT2D eigenvalue weighted by Crippen LogP contribution is 2.30. The number of ether oxygens (including phenoxy) is 1. The van der Waals surface area contributed by atoms with E-state index in [0.717, 1.165) is 18.6 Å². The Balaban J connectivity index is 1.69. The normalized spacial score (nSPS) is 29.9. The van der Waals surface area contributed by atoms with Crippen molar-refractivity contribution in [2.24, 2.45) is 0 Å². The summed E-state index contributed by atoms with van der Waals surface area (Å²) in [5, 5.41) is 12.9. The number of rotatable bonds is 2. The molecule has 0 saturated carbocycles. The number of halogens is 1. The molecule has 0 aromatic heterocycles. The van der Waals surface area contributed by atoms with E-state index in [2.05, 4.69) is 11.4 Å². The molecule has 0 amide bonds. The quantitative estimate of drug-likeness (QED) is 0.891. The van der Waals surface area contributed by atoms with E-state index in [9.17, 15) is 0 Å². The second-order valence-electron chi connectivity index (χ2n) is 5.10. The average Bonchev–Trinajstić information content (AvgIpc) is 2.69. The van der Waals surface area contributed by atoms with Gasteiger partial charge in [-0.3, -0.25) is 0 Å². The van der Waals surface area contributed by atoms with Crippen LogP contribution in [0.1, 0.15) is 31.2 Å². The van der Waals surface area contributed by atoms with Gasteiger partial charge in [0.1, 0.15) is 17.9 Å². The molecule has 2 fully saturated rings. The third-order valence-electron chi connectivity index (χ3n) is 3.79. The summed E-state index contributed by atoms with van der Waals surface area (Å²) in [6.07, 6.45) is 4.92. The Hall–Kier alpha value is -1.24. The predicted octanol–water partition coefficient (Wildman–Crippen LogP) is 2.87. The summed E-state index contributed by atoms with van der Waals surface area (Å²) in [6, 6.07) is 8.56. The molecule has 3 atom stereocenters. The van der Waals surface area contributed by atoms with Crippen LogP contribution in [0.2, 0.25) is 5.02 Å². The van der Waals surface area contributed by atoms with Crippen molar-refractivity contribution in [1.29, 1.82) is 5.26 Å². The van der Waals surface area contributed by atoms with Crippen LogP contribution in [0.3, 0.4) is 0 Å². The lowest BCUT2D eigenvalue weighted by Gasteiger charge is -2.29. The van der Waals surface area contributed by atoms with E-state index in [-0.39, 0.29) is 6.10 Å². The minimum absolute atomic E-state index is 0.271. The van der Waals surface area contributed by atoms with Gasteiger partial charge in [0, 0.05) is 18.2 Å². The molecule has 2 saturated heterocycles. The van der Waals surface area contributed by atoms with Gasteiger partial charge in [0.05, 0.1) is 10.6 Å². The number of nitriles is 1. The molecule has 18 heavy (non-hydrogen) atoms. The van der Waals surface area contributed by atoms with Gasteiger partial charge in [-0.15, -0.1) is 0 Å². The molecule has 0 aliphatic carbocycles. The molecule has 0 radical (unpaired) electrons. The van der Waals surface area contributed by atoms with Gasteiger partial charge in [0.15, 0.2) is 0 Å². The zero-order valence-corrected chi connectivity index (χ0v) is 10.8. The van der Waals surface area contributed by atoms with Crippen LogP contribution < -0.4 is 10.1 Å². The number of fused-ring (bicyclic) bond motifs is 2. The monoisotopic (exact) mass is 262 g/mol. The SMILES string of the molecule is N#Cc1ccc(OC2C[C@H]3CC[C@@H](C2)N3)cc1Cl. The van der Waals surface area contributed by atoms with E-state index in [4.69, 9.17) is 21.6 Å². The van der Waals surface area contributed by atoms with Crippen LogP contribution >= 0.6 is 11.6 Å². The first-order valence-corrected chi connectivity index (χ1v) is 6.75. The fourth-order valence-electron chi connectivity index (χ4n) is 2.95. The first kappa shape index (κ1) is 11.8. The van der Waals surface area contributed by atoms with Crippen LogP contribution in [0.15, 0.2) is 18.2 Å². The molecule has 1 aromatic rings. The molecule has 2 aliphatic rings. The van der Waals surface area contributed by atoms with Gasteiger partial charge in [0.25, 0.3) is 0 Å². The van der Waals surface area contributed by atoms with Crippen LogP contribution in [0, 0.1) is 11.3 Å². The standard InChI is InChI=1S/C14H15ClN2O/c15-14-7-12(4-1-9(14)8-16)18-13-5-10-2-3-11(6-13)17-10/h1,4,7,10-11,13,17H,2-3,5-6H2/t10-,11+,13?. The maximum absolute atomic E-state index is 8.82. The van der Waals surface area contributed by atoms with E-state index < -0.39 is 0 Å². The Morgan fingerprint density at radius 2 is 2.00 bits per heavy atom. The second kappa shape index (κ2) is 4.79. The van der Waals surface area contributed by atoms with Gasteiger partial charge < -0.3 is 10.1 Å². The highest BCUT2D eigenvalue weighted by molar-refractivity contribution is 6.31.